The number of hydrogen-bond donors (Lipinski definition) is 9. The van der Waals surface area contributed by atoms with Gasteiger partial charge in [0.25, 0.3) is 0 Å². The van der Waals surface area contributed by atoms with Gasteiger partial charge >= 0.3 is 0 Å². The molecule has 0 fully saturated rings. The number of carbonyl (C=O) groups is 5. The van der Waals surface area contributed by atoms with Crippen LogP contribution in [0.1, 0.15) is 124 Å². The van der Waals surface area contributed by atoms with E-state index < -0.39 is 41.9 Å². The molecule has 0 aliphatic heterocycles. The zero-order valence-corrected chi connectivity index (χ0v) is 32.5. The Labute approximate surface area is 315 Å². The first-order chi connectivity index (χ1) is 24.8. The summed E-state index contributed by atoms with van der Waals surface area (Å²) in [6.45, 7) is 6.61. The number of nitrogens with one attached hydrogen (secondary N) is 4. The van der Waals surface area contributed by atoms with Crippen molar-refractivity contribution < 1.29 is 24.0 Å². The van der Waals surface area contributed by atoms with E-state index in [0.29, 0.717) is 38.6 Å². The van der Waals surface area contributed by atoms with Crippen LogP contribution in [-0.4, -0.2) is 91.0 Å². The molecule has 17 heteroatoms. The molecule has 4 amide bonds. The molecule has 0 aliphatic rings. The monoisotopic (exact) mass is 758 g/mol. The number of guanidine groups is 2. The lowest BCUT2D eigenvalue weighted by molar-refractivity contribution is -0.135. The summed E-state index contributed by atoms with van der Waals surface area (Å²) in [4.78, 5) is 74.5. The van der Waals surface area contributed by atoms with Crippen molar-refractivity contribution in [3.05, 3.63) is 0 Å². The Kier molecular flexibility index (Phi) is 27.8. The van der Waals surface area contributed by atoms with Gasteiger partial charge in [0.1, 0.15) is 18.1 Å². The van der Waals surface area contributed by atoms with Crippen LogP contribution >= 0.6 is 11.6 Å². The van der Waals surface area contributed by atoms with Crippen molar-refractivity contribution in [3.8, 4) is 0 Å². The van der Waals surface area contributed by atoms with Gasteiger partial charge < -0.3 is 49.9 Å². The van der Waals surface area contributed by atoms with Crippen LogP contribution in [-0.2, 0) is 24.0 Å². The number of ketones is 1. The fourth-order valence-electron chi connectivity index (χ4n) is 5.45. The summed E-state index contributed by atoms with van der Waals surface area (Å²) < 4.78 is 0. The van der Waals surface area contributed by atoms with Gasteiger partial charge in [-0.3, -0.25) is 34.0 Å². The molecule has 0 aliphatic carbocycles. The van der Waals surface area contributed by atoms with E-state index in [4.69, 9.17) is 40.3 Å². The van der Waals surface area contributed by atoms with Crippen molar-refractivity contribution >= 4 is 52.9 Å². The van der Waals surface area contributed by atoms with Gasteiger partial charge in [0.2, 0.25) is 23.6 Å². The number of halogens is 1. The van der Waals surface area contributed by atoms with E-state index in [1.54, 1.807) is 13.8 Å². The predicted molar refractivity (Wildman–Crippen MR) is 208 cm³/mol. The first-order valence-corrected chi connectivity index (χ1v) is 19.4. The normalized spacial score (nSPS) is 13.3. The molecule has 14 N–H and O–H groups in total. The molecule has 4 atom stereocenters. The van der Waals surface area contributed by atoms with Crippen LogP contribution in [0.3, 0.4) is 0 Å². The molecule has 52 heavy (non-hydrogen) atoms. The lowest BCUT2D eigenvalue weighted by atomic mass is 10.00. The number of Topliss-reactive ketones (excluding diaryl/α,β-unsaturated/α-hetero) is 1. The predicted octanol–water partition coefficient (Wildman–Crippen LogP) is 1.16. The first kappa shape index (κ1) is 48.3. The zero-order valence-electron chi connectivity index (χ0n) is 31.7. The van der Waals surface area contributed by atoms with Crippen molar-refractivity contribution in [1.29, 1.82) is 0 Å². The van der Waals surface area contributed by atoms with E-state index >= 15 is 0 Å². The minimum absolute atomic E-state index is 0.0448. The van der Waals surface area contributed by atoms with E-state index in [9.17, 15) is 24.0 Å². The summed E-state index contributed by atoms with van der Waals surface area (Å²) >= 11 is 5.82. The largest absolute Gasteiger partial charge is 0.370 e. The van der Waals surface area contributed by atoms with E-state index in [0.717, 1.165) is 19.3 Å². The average Bonchev–Trinajstić information content (AvgIpc) is 3.08. The summed E-state index contributed by atoms with van der Waals surface area (Å²) in [5.41, 5.74) is 27.4. The lowest BCUT2D eigenvalue weighted by Gasteiger charge is -2.28. The highest BCUT2D eigenvalue weighted by atomic mass is 35.5. The van der Waals surface area contributed by atoms with Crippen LogP contribution in [0.4, 0.5) is 0 Å². The standard InChI is InChI=1S/C35H68ClN11O5/c1-4-5-6-7-8-9-10-18-29(49)44-26(17-14-23-43-35(40)41)32(51)47-30(24(2)3)33(52)46-27(15-11-12-21-37)31(50)45-25(28(48)19-20-36)16-13-22-42-34(38)39/h24-27,30H,4-23,37H2,1-3H3,(H,44,49)(H,45,50)(H,46,52)(H,47,51)(H4,38,39,42)(H4,40,41,43)/t25-,26-,27-,30-/m0/s1. The summed E-state index contributed by atoms with van der Waals surface area (Å²) in [5, 5.41) is 11.2. The molecule has 0 rings (SSSR count). The Hall–Kier alpha value is -3.66. The topological polar surface area (TPSA) is 288 Å². The Morgan fingerprint density at radius 3 is 1.63 bits per heavy atom. The number of unbranched alkanes of at least 4 members (excludes halogenated alkanes) is 7. The second-order valence-corrected chi connectivity index (χ2v) is 13.8. The average molecular weight is 758 g/mol. The molecule has 0 spiro atoms. The summed E-state index contributed by atoms with van der Waals surface area (Å²) in [5.74, 6) is -2.64. The number of aliphatic imine (C=N–C) groups is 2. The van der Waals surface area contributed by atoms with Crippen molar-refractivity contribution in [1.82, 2.24) is 21.3 Å². The van der Waals surface area contributed by atoms with Gasteiger partial charge in [0.05, 0.1) is 6.04 Å². The number of nitrogens with zero attached hydrogens (tertiary/aromatic N) is 2. The second-order valence-electron chi connectivity index (χ2n) is 13.4. The van der Waals surface area contributed by atoms with Crippen LogP contribution in [0.25, 0.3) is 0 Å². The van der Waals surface area contributed by atoms with Crippen molar-refractivity contribution in [2.45, 2.75) is 148 Å². The third kappa shape index (κ3) is 23.7. The highest BCUT2D eigenvalue weighted by Gasteiger charge is 2.32. The van der Waals surface area contributed by atoms with Gasteiger partial charge in [0.15, 0.2) is 17.7 Å². The van der Waals surface area contributed by atoms with Crippen LogP contribution in [0, 0.1) is 5.92 Å². The molecule has 16 nitrogen and oxygen atoms in total. The highest BCUT2D eigenvalue weighted by molar-refractivity contribution is 6.19. The Bertz CT molecular complexity index is 1110. The van der Waals surface area contributed by atoms with Crippen LogP contribution in [0.2, 0.25) is 0 Å². The van der Waals surface area contributed by atoms with Gasteiger partial charge in [-0.1, -0.05) is 59.3 Å². The Morgan fingerprint density at radius 1 is 0.596 bits per heavy atom. The Morgan fingerprint density at radius 2 is 1.10 bits per heavy atom. The molecular weight excluding hydrogens is 690 g/mol. The third-order valence-electron chi connectivity index (χ3n) is 8.42. The quantitative estimate of drug-likeness (QED) is 0.0210. The molecule has 300 valence electrons. The summed E-state index contributed by atoms with van der Waals surface area (Å²) in [6, 6.07) is -3.85. The van der Waals surface area contributed by atoms with Crippen molar-refractivity contribution in [2.24, 2.45) is 44.6 Å². The molecule has 0 aromatic heterocycles. The van der Waals surface area contributed by atoms with Gasteiger partial charge in [-0.2, -0.15) is 0 Å². The minimum atomic E-state index is -1.04. The number of carbonyl (C=O) groups excluding carboxylic acids is 5. The Balaban J connectivity index is 5.82. The van der Waals surface area contributed by atoms with E-state index in [2.05, 4.69) is 38.2 Å². The molecule has 0 saturated carbocycles. The highest BCUT2D eigenvalue weighted by Crippen LogP contribution is 2.12. The number of amides is 4. The number of hydrogen-bond acceptors (Lipinski definition) is 8. The molecule has 0 radical (unpaired) electrons. The van der Waals surface area contributed by atoms with E-state index in [1.807, 2.05) is 0 Å². The van der Waals surface area contributed by atoms with Gasteiger partial charge in [-0.05, 0) is 63.8 Å². The number of alkyl halides is 1. The van der Waals surface area contributed by atoms with Crippen LogP contribution < -0.4 is 49.9 Å². The fraction of sp³-hybridized carbons (Fsp3) is 0.800. The van der Waals surface area contributed by atoms with Gasteiger partial charge in [-0.15, -0.1) is 11.6 Å². The lowest BCUT2D eigenvalue weighted by Crippen LogP contribution is -2.59. The first-order valence-electron chi connectivity index (χ1n) is 18.9. The minimum Gasteiger partial charge on any atom is -0.370 e. The molecule has 0 unspecified atom stereocenters. The molecule has 0 heterocycles. The maximum atomic E-state index is 13.7. The fourth-order valence-corrected chi connectivity index (χ4v) is 5.64. The van der Waals surface area contributed by atoms with Gasteiger partial charge in [0, 0.05) is 31.8 Å². The van der Waals surface area contributed by atoms with Gasteiger partial charge in [-0.25, -0.2) is 0 Å². The van der Waals surface area contributed by atoms with Crippen molar-refractivity contribution in [2.75, 3.05) is 25.5 Å². The van der Waals surface area contributed by atoms with Crippen LogP contribution in [0.5, 0.6) is 0 Å². The third-order valence-corrected chi connectivity index (χ3v) is 8.61. The maximum absolute atomic E-state index is 13.7. The molecule has 0 bridgehead atoms. The zero-order chi connectivity index (χ0) is 39.3. The number of rotatable bonds is 31. The summed E-state index contributed by atoms with van der Waals surface area (Å²) in [6.07, 6.45) is 10.4. The van der Waals surface area contributed by atoms with Crippen LogP contribution in [0.15, 0.2) is 9.98 Å². The molecule has 0 aromatic rings. The number of nitrogens with two attached hydrogens (primary N) is 5. The molecule has 0 aromatic carbocycles. The molecular formula is C35H68ClN11O5. The van der Waals surface area contributed by atoms with E-state index in [1.165, 1.54) is 19.3 Å². The smallest absolute Gasteiger partial charge is 0.243 e. The van der Waals surface area contributed by atoms with Crippen molar-refractivity contribution in [3.63, 3.8) is 0 Å². The second kappa shape index (κ2) is 29.9. The molecule has 0 saturated heterocycles. The maximum Gasteiger partial charge on any atom is 0.243 e. The SMILES string of the molecule is CCCCCCCCCC(=O)N[C@@H](CCCN=C(N)N)C(=O)N[C@H](C(=O)N[C@@H](CCCCN)C(=O)N[C@@H](CCCN=C(N)N)C(=O)CCCl)C(C)C. The summed E-state index contributed by atoms with van der Waals surface area (Å²) in [7, 11) is 0. The van der Waals surface area contributed by atoms with E-state index in [-0.39, 0.29) is 80.6 Å².